The number of aromatic nitrogens is 1. The molecule has 2 amide bonds. The minimum absolute atomic E-state index is 0.285. The zero-order valence-corrected chi connectivity index (χ0v) is 15.2. The first-order valence-electron chi connectivity index (χ1n) is 8.42. The van der Waals surface area contributed by atoms with E-state index in [2.05, 4.69) is 15.6 Å². The van der Waals surface area contributed by atoms with Crippen LogP contribution >= 0.6 is 11.6 Å². The van der Waals surface area contributed by atoms with Crippen molar-refractivity contribution in [3.05, 3.63) is 100 Å². The van der Waals surface area contributed by atoms with Gasteiger partial charge in [-0.15, -0.1) is 0 Å². The number of hydrogen-bond donors (Lipinski definition) is 2. The summed E-state index contributed by atoms with van der Waals surface area (Å²) in [7, 11) is 0. The lowest BCUT2D eigenvalue weighted by Crippen LogP contribution is -2.25. The Bertz CT molecular complexity index is 945. The molecule has 3 aromatic rings. The van der Waals surface area contributed by atoms with Gasteiger partial charge in [-0.25, -0.2) is 0 Å². The number of rotatable bonds is 6. The van der Waals surface area contributed by atoms with E-state index >= 15 is 0 Å². The van der Waals surface area contributed by atoms with Crippen LogP contribution in [0.1, 0.15) is 31.8 Å². The number of nitrogens with one attached hydrogen (secondary N) is 2. The Balaban J connectivity index is 1.61. The minimum atomic E-state index is -0.319. The molecule has 0 fully saturated rings. The molecule has 2 N–H and O–H groups in total. The van der Waals surface area contributed by atoms with Crippen molar-refractivity contribution in [1.82, 2.24) is 15.6 Å². The van der Waals surface area contributed by atoms with Gasteiger partial charge in [-0.2, -0.15) is 0 Å². The Morgan fingerprint density at radius 3 is 2.07 bits per heavy atom. The molecule has 0 saturated heterocycles. The Morgan fingerprint density at radius 2 is 1.41 bits per heavy atom. The summed E-state index contributed by atoms with van der Waals surface area (Å²) >= 11 is 6.09. The third-order valence-electron chi connectivity index (χ3n) is 3.96. The van der Waals surface area contributed by atoms with Crippen LogP contribution in [0.4, 0.5) is 0 Å². The van der Waals surface area contributed by atoms with E-state index in [1.165, 1.54) is 18.5 Å². The number of hydrogen-bond acceptors (Lipinski definition) is 3. The highest BCUT2D eigenvalue weighted by Gasteiger charge is 2.12. The largest absolute Gasteiger partial charge is 0.348 e. The van der Waals surface area contributed by atoms with Crippen LogP contribution in [0.3, 0.4) is 0 Å². The van der Waals surface area contributed by atoms with Gasteiger partial charge < -0.3 is 10.6 Å². The standard InChI is InChI=1S/C21H18ClN3O2/c22-19-9-5-4-8-16(19)14-25-21(27)18-10-17(12-23-13-18)20(26)24-11-15-6-2-1-3-7-15/h1-10,12-13H,11,14H2,(H,24,26)(H,25,27). The Morgan fingerprint density at radius 1 is 0.815 bits per heavy atom. The van der Waals surface area contributed by atoms with Crippen molar-refractivity contribution in [3.8, 4) is 0 Å². The molecule has 0 aliphatic rings. The van der Waals surface area contributed by atoms with Crippen LogP contribution < -0.4 is 10.6 Å². The maximum absolute atomic E-state index is 12.4. The maximum atomic E-state index is 12.4. The molecular weight excluding hydrogens is 362 g/mol. The van der Waals surface area contributed by atoms with E-state index < -0.39 is 0 Å². The summed E-state index contributed by atoms with van der Waals surface area (Å²) in [6.07, 6.45) is 2.86. The molecule has 6 heteroatoms. The van der Waals surface area contributed by atoms with Crippen molar-refractivity contribution < 1.29 is 9.59 Å². The van der Waals surface area contributed by atoms with Crippen LogP contribution in [0.5, 0.6) is 0 Å². The van der Waals surface area contributed by atoms with Crippen LogP contribution in [0, 0.1) is 0 Å². The summed E-state index contributed by atoms with van der Waals surface area (Å²) in [6, 6.07) is 18.4. The Labute approximate surface area is 162 Å². The van der Waals surface area contributed by atoms with E-state index in [0.717, 1.165) is 11.1 Å². The molecule has 0 aliphatic heterocycles. The molecule has 1 aromatic heterocycles. The fourth-order valence-corrected chi connectivity index (χ4v) is 2.69. The summed E-state index contributed by atoms with van der Waals surface area (Å²) in [5.74, 6) is -0.604. The normalized spacial score (nSPS) is 10.3. The van der Waals surface area contributed by atoms with E-state index in [1.807, 2.05) is 48.5 Å². The fraction of sp³-hybridized carbons (Fsp3) is 0.0952. The smallest absolute Gasteiger partial charge is 0.253 e. The molecule has 1 heterocycles. The summed E-state index contributed by atoms with van der Waals surface area (Å²) in [5.41, 5.74) is 2.45. The number of pyridine rings is 1. The highest BCUT2D eigenvalue weighted by molar-refractivity contribution is 6.31. The van der Waals surface area contributed by atoms with E-state index in [-0.39, 0.29) is 11.8 Å². The number of amides is 2. The Kier molecular flexibility index (Phi) is 6.18. The molecule has 3 rings (SSSR count). The second kappa shape index (κ2) is 8.96. The van der Waals surface area contributed by atoms with Crippen molar-refractivity contribution in [2.75, 3.05) is 0 Å². The SMILES string of the molecule is O=C(NCc1ccccc1)c1cncc(C(=O)NCc2ccccc2Cl)c1. The molecular formula is C21H18ClN3O2. The van der Waals surface area contributed by atoms with Gasteiger partial charge in [-0.3, -0.25) is 14.6 Å². The highest BCUT2D eigenvalue weighted by Crippen LogP contribution is 2.14. The van der Waals surface area contributed by atoms with Gasteiger partial charge in [0.1, 0.15) is 0 Å². The molecule has 2 aromatic carbocycles. The van der Waals surface area contributed by atoms with Crippen molar-refractivity contribution >= 4 is 23.4 Å². The molecule has 27 heavy (non-hydrogen) atoms. The van der Waals surface area contributed by atoms with E-state index in [1.54, 1.807) is 6.07 Å². The van der Waals surface area contributed by atoms with Crippen LogP contribution in [-0.2, 0) is 13.1 Å². The van der Waals surface area contributed by atoms with Gasteiger partial charge in [0.05, 0.1) is 11.1 Å². The molecule has 5 nitrogen and oxygen atoms in total. The molecule has 0 unspecified atom stereocenters. The van der Waals surface area contributed by atoms with Gasteiger partial charge in [0.25, 0.3) is 11.8 Å². The summed E-state index contributed by atoms with van der Waals surface area (Å²) in [4.78, 5) is 28.7. The number of benzene rings is 2. The van der Waals surface area contributed by atoms with E-state index in [4.69, 9.17) is 11.6 Å². The second-order valence-corrected chi connectivity index (χ2v) is 6.31. The van der Waals surface area contributed by atoms with Crippen molar-refractivity contribution in [2.45, 2.75) is 13.1 Å². The van der Waals surface area contributed by atoms with Gasteiger partial charge in [-0.05, 0) is 23.3 Å². The summed E-state index contributed by atoms with van der Waals surface area (Å²) in [6.45, 7) is 0.700. The first-order chi connectivity index (χ1) is 13.1. The van der Waals surface area contributed by atoms with E-state index in [0.29, 0.717) is 29.2 Å². The lowest BCUT2D eigenvalue weighted by molar-refractivity contribution is 0.0950. The molecule has 0 atom stereocenters. The van der Waals surface area contributed by atoms with Gasteiger partial charge in [0, 0.05) is 30.5 Å². The highest BCUT2D eigenvalue weighted by atomic mass is 35.5. The third-order valence-corrected chi connectivity index (χ3v) is 4.32. The molecule has 0 spiro atoms. The number of halogens is 1. The molecule has 0 bridgehead atoms. The number of nitrogens with zero attached hydrogens (tertiary/aromatic N) is 1. The predicted molar refractivity (Wildman–Crippen MR) is 104 cm³/mol. The Hall–Kier alpha value is -3.18. The van der Waals surface area contributed by atoms with E-state index in [9.17, 15) is 9.59 Å². The second-order valence-electron chi connectivity index (χ2n) is 5.90. The lowest BCUT2D eigenvalue weighted by atomic mass is 10.1. The zero-order valence-electron chi connectivity index (χ0n) is 14.5. The average Bonchev–Trinajstić information content (AvgIpc) is 2.72. The summed E-state index contributed by atoms with van der Waals surface area (Å²) in [5, 5.41) is 6.19. The first-order valence-corrected chi connectivity index (χ1v) is 8.80. The molecule has 0 radical (unpaired) electrons. The molecule has 0 aliphatic carbocycles. The van der Waals surface area contributed by atoms with Gasteiger partial charge in [0.15, 0.2) is 0 Å². The minimum Gasteiger partial charge on any atom is -0.348 e. The number of carbonyl (C=O) groups excluding carboxylic acids is 2. The topological polar surface area (TPSA) is 71.1 Å². The summed E-state index contributed by atoms with van der Waals surface area (Å²) < 4.78 is 0. The first kappa shape index (κ1) is 18.6. The monoisotopic (exact) mass is 379 g/mol. The van der Waals surface area contributed by atoms with Crippen LogP contribution in [0.15, 0.2) is 73.1 Å². The number of carbonyl (C=O) groups is 2. The van der Waals surface area contributed by atoms with Crippen molar-refractivity contribution in [2.24, 2.45) is 0 Å². The van der Waals surface area contributed by atoms with Crippen LogP contribution in [0.2, 0.25) is 5.02 Å². The average molecular weight is 380 g/mol. The predicted octanol–water partition coefficient (Wildman–Crippen LogP) is 3.60. The van der Waals surface area contributed by atoms with Crippen LogP contribution in [0.25, 0.3) is 0 Å². The third kappa shape index (κ3) is 5.15. The van der Waals surface area contributed by atoms with Crippen LogP contribution in [-0.4, -0.2) is 16.8 Å². The fourth-order valence-electron chi connectivity index (χ4n) is 2.49. The molecule has 0 saturated carbocycles. The van der Waals surface area contributed by atoms with Crippen molar-refractivity contribution in [1.29, 1.82) is 0 Å². The zero-order chi connectivity index (χ0) is 19.1. The lowest BCUT2D eigenvalue weighted by Gasteiger charge is -2.08. The molecule has 136 valence electrons. The van der Waals surface area contributed by atoms with Gasteiger partial charge >= 0.3 is 0 Å². The quantitative estimate of drug-likeness (QED) is 0.687. The van der Waals surface area contributed by atoms with Crippen molar-refractivity contribution in [3.63, 3.8) is 0 Å². The maximum Gasteiger partial charge on any atom is 0.253 e. The van der Waals surface area contributed by atoms with Gasteiger partial charge in [0.2, 0.25) is 0 Å². The van der Waals surface area contributed by atoms with Gasteiger partial charge in [-0.1, -0.05) is 60.1 Å².